The number of aliphatic hydroxyl groups excluding tert-OH is 1. The van der Waals surface area contributed by atoms with Crippen LogP contribution in [-0.2, 0) is 4.79 Å². The standard InChI is InChI=1S/C16H22F2N2O3/c17-13-3-4-15(14(18)12-13)23-11-1-2-16(22)20-7-5-19(6-8-20)9-10-21/h3-4,12,21H,1-2,5-11H2. The van der Waals surface area contributed by atoms with Crippen molar-refractivity contribution in [2.75, 3.05) is 45.9 Å². The molecule has 1 aliphatic rings. The summed E-state index contributed by atoms with van der Waals surface area (Å²) < 4.78 is 31.4. The highest BCUT2D eigenvalue weighted by Crippen LogP contribution is 2.18. The van der Waals surface area contributed by atoms with Crippen molar-refractivity contribution >= 4 is 5.91 Å². The zero-order valence-corrected chi connectivity index (χ0v) is 13.0. The first kappa shape index (κ1) is 17.6. The summed E-state index contributed by atoms with van der Waals surface area (Å²) in [5, 5.41) is 8.88. The minimum atomic E-state index is -0.740. The van der Waals surface area contributed by atoms with Crippen molar-refractivity contribution in [1.82, 2.24) is 9.80 Å². The van der Waals surface area contributed by atoms with E-state index in [9.17, 15) is 13.6 Å². The highest BCUT2D eigenvalue weighted by molar-refractivity contribution is 5.76. The van der Waals surface area contributed by atoms with E-state index in [1.807, 2.05) is 0 Å². The highest BCUT2D eigenvalue weighted by Gasteiger charge is 2.20. The number of hydrogen-bond acceptors (Lipinski definition) is 4. The molecule has 1 aromatic carbocycles. The van der Waals surface area contributed by atoms with Crippen LogP contribution in [0.15, 0.2) is 18.2 Å². The zero-order valence-electron chi connectivity index (χ0n) is 13.0. The number of ether oxygens (including phenoxy) is 1. The number of amides is 1. The summed E-state index contributed by atoms with van der Waals surface area (Å²) >= 11 is 0. The number of aliphatic hydroxyl groups is 1. The van der Waals surface area contributed by atoms with Crippen LogP contribution in [0, 0.1) is 11.6 Å². The molecule has 1 aromatic rings. The van der Waals surface area contributed by atoms with Crippen molar-refractivity contribution in [1.29, 1.82) is 0 Å². The lowest BCUT2D eigenvalue weighted by Gasteiger charge is -2.34. The van der Waals surface area contributed by atoms with Gasteiger partial charge in [-0.05, 0) is 18.6 Å². The molecule has 1 fully saturated rings. The lowest BCUT2D eigenvalue weighted by molar-refractivity contribution is -0.133. The number of halogens is 2. The lowest BCUT2D eigenvalue weighted by Crippen LogP contribution is -2.49. The molecule has 128 valence electrons. The molecule has 23 heavy (non-hydrogen) atoms. The monoisotopic (exact) mass is 328 g/mol. The third-order valence-corrected chi connectivity index (χ3v) is 3.83. The molecular formula is C16H22F2N2O3. The summed E-state index contributed by atoms with van der Waals surface area (Å²) in [6, 6.07) is 3.15. The molecule has 1 aliphatic heterocycles. The Hall–Kier alpha value is -1.73. The summed E-state index contributed by atoms with van der Waals surface area (Å²) in [7, 11) is 0. The fourth-order valence-electron chi connectivity index (χ4n) is 2.52. The van der Waals surface area contributed by atoms with Crippen LogP contribution in [0.25, 0.3) is 0 Å². The van der Waals surface area contributed by atoms with Gasteiger partial charge in [0, 0.05) is 45.2 Å². The molecule has 0 bridgehead atoms. The average Bonchev–Trinajstić information content (AvgIpc) is 2.54. The fraction of sp³-hybridized carbons (Fsp3) is 0.562. The van der Waals surface area contributed by atoms with Gasteiger partial charge in [0.05, 0.1) is 13.2 Å². The molecule has 0 spiro atoms. The summed E-state index contributed by atoms with van der Waals surface area (Å²) in [5.41, 5.74) is 0. The van der Waals surface area contributed by atoms with E-state index in [1.54, 1.807) is 4.90 Å². The van der Waals surface area contributed by atoms with E-state index in [4.69, 9.17) is 9.84 Å². The van der Waals surface area contributed by atoms with Crippen molar-refractivity contribution in [3.05, 3.63) is 29.8 Å². The molecule has 0 aromatic heterocycles. The summed E-state index contributed by atoms with van der Waals surface area (Å²) in [6.45, 7) is 3.83. The van der Waals surface area contributed by atoms with Crippen LogP contribution in [-0.4, -0.2) is 66.8 Å². The molecule has 0 atom stereocenters. The molecule has 0 radical (unpaired) electrons. The van der Waals surface area contributed by atoms with E-state index < -0.39 is 11.6 Å². The Kier molecular flexibility index (Phi) is 6.73. The maximum absolute atomic E-state index is 13.4. The van der Waals surface area contributed by atoms with Crippen LogP contribution in [0.3, 0.4) is 0 Å². The third-order valence-electron chi connectivity index (χ3n) is 3.83. The highest BCUT2D eigenvalue weighted by atomic mass is 19.1. The second-order valence-corrected chi connectivity index (χ2v) is 5.47. The van der Waals surface area contributed by atoms with Gasteiger partial charge in [0.25, 0.3) is 0 Å². The summed E-state index contributed by atoms with van der Waals surface area (Å²) in [4.78, 5) is 16.0. The maximum Gasteiger partial charge on any atom is 0.222 e. The van der Waals surface area contributed by atoms with Gasteiger partial charge in [0.1, 0.15) is 5.82 Å². The van der Waals surface area contributed by atoms with E-state index in [2.05, 4.69) is 4.90 Å². The van der Waals surface area contributed by atoms with Gasteiger partial charge < -0.3 is 14.7 Å². The zero-order chi connectivity index (χ0) is 16.7. The van der Waals surface area contributed by atoms with E-state index in [0.29, 0.717) is 32.5 Å². The van der Waals surface area contributed by atoms with E-state index in [0.717, 1.165) is 25.2 Å². The van der Waals surface area contributed by atoms with Crippen molar-refractivity contribution in [2.24, 2.45) is 0 Å². The molecule has 1 N–H and O–H groups in total. The molecule has 0 aliphatic carbocycles. The fourth-order valence-corrected chi connectivity index (χ4v) is 2.52. The first-order valence-corrected chi connectivity index (χ1v) is 7.79. The number of carbonyl (C=O) groups is 1. The van der Waals surface area contributed by atoms with Gasteiger partial charge in [-0.25, -0.2) is 8.78 Å². The van der Waals surface area contributed by atoms with E-state index in [1.165, 1.54) is 6.07 Å². The number of piperazine rings is 1. The van der Waals surface area contributed by atoms with Crippen LogP contribution in [0.1, 0.15) is 12.8 Å². The van der Waals surface area contributed by atoms with Gasteiger partial charge in [0.2, 0.25) is 5.91 Å². The lowest BCUT2D eigenvalue weighted by atomic mass is 10.2. The third kappa shape index (κ3) is 5.44. The quantitative estimate of drug-likeness (QED) is 0.766. The van der Waals surface area contributed by atoms with Gasteiger partial charge in [-0.3, -0.25) is 9.69 Å². The number of hydrogen-bond donors (Lipinski definition) is 1. The van der Waals surface area contributed by atoms with Crippen LogP contribution in [0.2, 0.25) is 0 Å². The van der Waals surface area contributed by atoms with E-state index >= 15 is 0 Å². The Balaban J connectivity index is 1.65. The smallest absolute Gasteiger partial charge is 0.222 e. The number of carbonyl (C=O) groups excluding carboxylic acids is 1. The van der Waals surface area contributed by atoms with Gasteiger partial charge in [0.15, 0.2) is 11.6 Å². The summed E-state index contributed by atoms with van der Waals surface area (Å²) in [5.74, 6) is -1.34. The SMILES string of the molecule is O=C(CCCOc1ccc(F)cc1F)N1CCN(CCO)CC1. The Labute approximate surface area is 134 Å². The molecule has 2 rings (SSSR count). The minimum absolute atomic E-state index is 0.00327. The molecule has 1 saturated heterocycles. The van der Waals surface area contributed by atoms with Crippen molar-refractivity contribution in [3.8, 4) is 5.75 Å². The number of rotatable bonds is 7. The van der Waals surface area contributed by atoms with Crippen LogP contribution in [0.4, 0.5) is 8.78 Å². The van der Waals surface area contributed by atoms with Crippen LogP contribution < -0.4 is 4.74 Å². The minimum Gasteiger partial charge on any atom is -0.491 e. The molecule has 5 nitrogen and oxygen atoms in total. The van der Waals surface area contributed by atoms with E-state index in [-0.39, 0.29) is 24.9 Å². The van der Waals surface area contributed by atoms with Gasteiger partial charge in [-0.1, -0.05) is 0 Å². The second-order valence-electron chi connectivity index (χ2n) is 5.47. The molecular weight excluding hydrogens is 306 g/mol. The topological polar surface area (TPSA) is 53.0 Å². The van der Waals surface area contributed by atoms with Gasteiger partial charge in [-0.15, -0.1) is 0 Å². The molecule has 7 heteroatoms. The number of benzene rings is 1. The Morgan fingerprint density at radius 1 is 1.22 bits per heavy atom. The normalized spacial score (nSPS) is 15.7. The Bertz CT molecular complexity index is 520. The molecule has 0 unspecified atom stereocenters. The van der Waals surface area contributed by atoms with Crippen molar-refractivity contribution < 1.29 is 23.4 Å². The molecule has 0 saturated carbocycles. The second kappa shape index (κ2) is 8.79. The first-order valence-electron chi connectivity index (χ1n) is 7.79. The number of β-amino-alcohol motifs (C(OH)–C–C–N with tert-alkyl or cyclic N) is 1. The first-order chi connectivity index (χ1) is 11.1. The predicted octanol–water partition coefficient (Wildman–Crippen LogP) is 1.26. The average molecular weight is 328 g/mol. The molecule has 1 amide bonds. The van der Waals surface area contributed by atoms with Crippen LogP contribution in [0.5, 0.6) is 5.75 Å². The predicted molar refractivity (Wildman–Crippen MR) is 81.2 cm³/mol. The Morgan fingerprint density at radius 3 is 2.61 bits per heavy atom. The van der Waals surface area contributed by atoms with Crippen LogP contribution >= 0.6 is 0 Å². The Morgan fingerprint density at radius 2 is 1.96 bits per heavy atom. The largest absolute Gasteiger partial charge is 0.491 e. The van der Waals surface area contributed by atoms with Crippen molar-refractivity contribution in [3.63, 3.8) is 0 Å². The maximum atomic E-state index is 13.4. The van der Waals surface area contributed by atoms with Crippen molar-refractivity contribution in [2.45, 2.75) is 12.8 Å². The number of nitrogens with zero attached hydrogens (tertiary/aromatic N) is 2. The molecule has 1 heterocycles. The van der Waals surface area contributed by atoms with Gasteiger partial charge in [-0.2, -0.15) is 0 Å². The van der Waals surface area contributed by atoms with Gasteiger partial charge >= 0.3 is 0 Å². The summed E-state index contributed by atoms with van der Waals surface area (Å²) in [6.07, 6.45) is 0.815.